The van der Waals surface area contributed by atoms with Gasteiger partial charge in [0.1, 0.15) is 26.9 Å². The summed E-state index contributed by atoms with van der Waals surface area (Å²) in [6, 6.07) is 5.40. The number of rotatable bonds is 11. The van der Waals surface area contributed by atoms with Crippen molar-refractivity contribution in [1.82, 2.24) is 0 Å². The highest BCUT2D eigenvalue weighted by Crippen LogP contribution is 2.45. The third-order valence-electron chi connectivity index (χ3n) is 4.69. The number of benzene rings is 3. The summed E-state index contributed by atoms with van der Waals surface area (Å²) in [4.78, 5) is -1.50. The average molecular weight is 613 g/mol. The van der Waals surface area contributed by atoms with Crippen LogP contribution in [0.3, 0.4) is 0 Å². The minimum atomic E-state index is -4.89. The largest absolute Gasteiger partial charge is 0.507 e. The lowest BCUT2D eigenvalue weighted by Gasteiger charge is -2.14. The van der Waals surface area contributed by atoms with Gasteiger partial charge in [-0.15, -0.1) is 18.9 Å². The smallest absolute Gasteiger partial charge is 0.296 e. The molecule has 0 bridgehead atoms. The van der Waals surface area contributed by atoms with Gasteiger partial charge in [-0.3, -0.25) is 9.11 Å². The first-order valence-electron chi connectivity index (χ1n) is 9.41. The van der Waals surface area contributed by atoms with Crippen LogP contribution >= 0.6 is 24.1 Å². The lowest BCUT2D eigenvalue weighted by Crippen LogP contribution is -2.04. The molecule has 0 atom stereocenters. The van der Waals surface area contributed by atoms with Crippen LogP contribution in [0, 0.1) is 0 Å². The molecule has 0 amide bonds. The van der Waals surface area contributed by atoms with Crippen molar-refractivity contribution in [3.05, 3.63) is 35.9 Å². The van der Waals surface area contributed by atoms with Gasteiger partial charge in [0, 0.05) is 23.3 Å². The van der Waals surface area contributed by atoms with Gasteiger partial charge in [0.05, 0.1) is 33.8 Å². The predicted molar refractivity (Wildman–Crippen MR) is 131 cm³/mol. The van der Waals surface area contributed by atoms with Crippen LogP contribution in [0.5, 0.6) is 5.75 Å². The summed E-state index contributed by atoms with van der Waals surface area (Å²) in [5.41, 5.74) is 10.2. The first-order chi connectivity index (χ1) is 17.8. The monoisotopic (exact) mass is 612 g/mol. The number of phenolic OH excluding ortho intramolecular Hbond substituents is 1. The number of phenols is 1. The molecule has 38 heavy (non-hydrogen) atoms. The quantitative estimate of drug-likeness (QED) is 0.0309. The Hall–Kier alpha value is -2.80. The Kier molecular flexibility index (Phi) is 9.34. The minimum Gasteiger partial charge on any atom is -0.507 e. The lowest BCUT2D eigenvalue weighted by atomic mass is 10.0. The van der Waals surface area contributed by atoms with E-state index in [2.05, 4.69) is 29.0 Å². The molecule has 9 N–H and O–H groups in total. The zero-order valence-electron chi connectivity index (χ0n) is 18.3. The number of hydrogen-bond donors (Lipinski definition) is 7. The Bertz CT molecular complexity index is 1610. The van der Waals surface area contributed by atoms with Gasteiger partial charge in [0.2, 0.25) is 0 Å². The van der Waals surface area contributed by atoms with E-state index in [1.54, 1.807) is 0 Å². The molecular weight excluding hydrogens is 596 g/mol. The van der Waals surface area contributed by atoms with E-state index in [0.717, 1.165) is 18.2 Å². The molecule has 21 heteroatoms. The van der Waals surface area contributed by atoms with Crippen LogP contribution in [-0.4, -0.2) is 41.6 Å². The molecule has 0 aliphatic carbocycles. The molecule has 17 nitrogen and oxygen atoms in total. The van der Waals surface area contributed by atoms with E-state index in [4.69, 9.17) is 22.0 Å². The van der Waals surface area contributed by atoms with Gasteiger partial charge < -0.3 is 16.6 Å². The van der Waals surface area contributed by atoms with Gasteiger partial charge in [-0.25, -0.2) is 10.5 Å². The molecule has 0 heterocycles. The molecule has 0 saturated heterocycles. The Labute approximate surface area is 221 Å². The molecular formula is C17H16N4O13S4. The number of aromatic hydroxyl groups is 1. The maximum atomic E-state index is 11.9. The normalized spacial score (nSPS) is 12.5. The third kappa shape index (κ3) is 6.60. The summed E-state index contributed by atoms with van der Waals surface area (Å²) < 4.78 is 75.4. The second-order valence-corrected chi connectivity index (χ2v) is 11.1. The summed E-state index contributed by atoms with van der Waals surface area (Å²) in [6.07, 6.45) is 0. The van der Waals surface area contributed by atoms with Gasteiger partial charge in [-0.2, -0.15) is 16.8 Å². The van der Waals surface area contributed by atoms with Gasteiger partial charge in [0.15, 0.2) is 0 Å². The third-order valence-corrected chi connectivity index (χ3v) is 7.72. The molecule has 0 radical (unpaired) electrons. The fourth-order valence-electron chi connectivity index (χ4n) is 3.15. The number of nitrogen functional groups attached to an aromatic ring is 2. The maximum absolute atomic E-state index is 11.9. The zero-order valence-corrected chi connectivity index (χ0v) is 21.5. The molecule has 0 spiro atoms. The molecule has 206 valence electrons. The number of fused-ring (bicyclic) bond motifs is 1. The summed E-state index contributed by atoms with van der Waals surface area (Å²) in [5.74, 6) is -1.20. The van der Waals surface area contributed by atoms with Gasteiger partial charge in [-0.1, -0.05) is 16.1 Å². The van der Waals surface area contributed by atoms with E-state index in [1.165, 1.54) is 12.1 Å². The van der Waals surface area contributed by atoms with Crippen LogP contribution in [0.2, 0.25) is 0 Å². The topological polar surface area (TPSA) is 283 Å². The Morgan fingerprint density at radius 3 is 2.13 bits per heavy atom. The fraction of sp³-hybridized carbons (Fsp3) is 0.0588. The molecule has 0 aliphatic heterocycles. The first-order valence-corrected chi connectivity index (χ1v) is 13.9. The minimum absolute atomic E-state index is 0.0163. The summed E-state index contributed by atoms with van der Waals surface area (Å²) in [6.45, 7) is 0. The highest BCUT2D eigenvalue weighted by Gasteiger charge is 2.25. The maximum Gasteiger partial charge on any atom is 0.296 e. The molecule has 3 rings (SSSR count). The molecule has 0 fully saturated rings. The molecule has 3 aromatic rings. The number of azo groups is 1. The second kappa shape index (κ2) is 11.9. The molecule has 0 saturated carbocycles. The van der Waals surface area contributed by atoms with Crippen LogP contribution in [0.15, 0.2) is 55.2 Å². The summed E-state index contributed by atoms with van der Waals surface area (Å²) >= 11 is 0.715. The fourth-order valence-corrected chi connectivity index (χ4v) is 5.55. The van der Waals surface area contributed by atoms with Crippen molar-refractivity contribution >= 4 is 77.8 Å². The lowest BCUT2D eigenvalue weighted by molar-refractivity contribution is -0.432. The molecule has 0 aromatic heterocycles. The number of nitrogens with zero attached hydrogens (tertiary/aromatic N) is 2. The Morgan fingerprint density at radius 2 is 1.53 bits per heavy atom. The number of hydrogen-bond acceptors (Lipinski definition) is 17. The zero-order chi connectivity index (χ0) is 28.3. The predicted octanol–water partition coefficient (Wildman–Crippen LogP) is 3.62. The number of anilines is 2. The van der Waals surface area contributed by atoms with E-state index in [-0.39, 0.29) is 32.7 Å². The Balaban J connectivity index is 2.27. The second-order valence-electron chi connectivity index (χ2n) is 6.94. The highest BCUT2D eigenvalue weighted by molar-refractivity contribution is 7.94. The highest BCUT2D eigenvalue weighted by atomic mass is 32.2. The van der Waals surface area contributed by atoms with Gasteiger partial charge in [-0.05, 0) is 29.7 Å². The van der Waals surface area contributed by atoms with Gasteiger partial charge >= 0.3 is 0 Å². The molecule has 0 unspecified atom stereocenters. The van der Waals surface area contributed by atoms with Crippen molar-refractivity contribution in [3.8, 4) is 5.75 Å². The molecule has 0 aliphatic rings. The number of nitrogens with two attached hydrogens (primary N) is 2. The van der Waals surface area contributed by atoms with Crippen LogP contribution < -0.4 is 11.5 Å². The van der Waals surface area contributed by atoms with Crippen LogP contribution in [0.25, 0.3) is 10.8 Å². The average Bonchev–Trinajstić information content (AvgIpc) is 2.83. The van der Waals surface area contributed by atoms with Crippen molar-refractivity contribution < 1.29 is 60.3 Å². The Morgan fingerprint density at radius 1 is 0.868 bits per heavy atom. The molecule has 3 aromatic carbocycles. The van der Waals surface area contributed by atoms with Crippen molar-refractivity contribution in [2.24, 2.45) is 10.2 Å². The SMILES string of the molecule is Nc1cc(S(=O)(=O)O)c(N=Nc2c(N)ccc3cc(S(=O)(=O)O)c(CSOOO)c(O)c23)cc1SOOO. The van der Waals surface area contributed by atoms with Crippen LogP contribution in [0.4, 0.5) is 22.7 Å². The van der Waals surface area contributed by atoms with E-state index < -0.39 is 52.8 Å². The standard InChI is InChI=1S/C17H16N4O13S4/c18-9-2-1-7-3-13(37(25,26)27)8(6-35-33-31-23)17(22)15(7)16(9)21-20-11-5-12(36-34-32-24)10(19)4-14(11)38(28,29)30/h1-5,22-24H,6,18-19H2,(H,25,26,27)(H,28,29,30). The van der Waals surface area contributed by atoms with Gasteiger partial charge in [0.25, 0.3) is 20.2 Å². The van der Waals surface area contributed by atoms with Crippen molar-refractivity contribution in [3.63, 3.8) is 0 Å². The van der Waals surface area contributed by atoms with E-state index in [1.807, 2.05) is 0 Å². The van der Waals surface area contributed by atoms with E-state index in [0.29, 0.717) is 24.1 Å². The van der Waals surface area contributed by atoms with Crippen LogP contribution in [-0.2, 0) is 44.7 Å². The summed E-state index contributed by atoms with van der Waals surface area (Å²) in [7, 11) is -9.76. The van der Waals surface area contributed by atoms with E-state index in [9.17, 15) is 31.0 Å². The van der Waals surface area contributed by atoms with Crippen molar-refractivity contribution in [2.45, 2.75) is 20.4 Å². The van der Waals surface area contributed by atoms with Crippen molar-refractivity contribution in [2.75, 3.05) is 11.5 Å². The van der Waals surface area contributed by atoms with E-state index >= 15 is 0 Å². The summed E-state index contributed by atoms with van der Waals surface area (Å²) in [5, 5.41) is 42.1. The first kappa shape index (κ1) is 29.8. The van der Waals surface area contributed by atoms with Crippen molar-refractivity contribution in [1.29, 1.82) is 0 Å². The van der Waals surface area contributed by atoms with Crippen LogP contribution in [0.1, 0.15) is 5.56 Å².